The Morgan fingerprint density at radius 3 is 1.88 bits per heavy atom. The Morgan fingerprint density at radius 1 is 0.833 bits per heavy atom. The Balaban J connectivity index is 0.000000349. The standard InChI is InChI=1S/C27H35N3O2.C4H6O6/c31-26(27(32,21-12-6-2-7-13-21)22-14-8-3-9-15-22)29-19-28-25-23-17-30(18-24(23)25)16-20-10-4-1-5-11-20;5-1(3(7)8)2(6)4(9)10/h1-2,4-7,10-13,22-25,28,32H,3,8-9,14-19H2,(H,29,31);1-2,5-6H,(H,7,8)(H,9,10). The lowest BCUT2D eigenvalue weighted by atomic mass is 9.73. The average Bonchev–Trinajstić information content (AvgIpc) is 3.46. The predicted octanol–water partition coefficient (Wildman–Crippen LogP) is 1.13. The van der Waals surface area contributed by atoms with Gasteiger partial charge in [0.15, 0.2) is 17.8 Å². The number of fused-ring (bicyclic) bond motifs is 1. The van der Waals surface area contributed by atoms with E-state index in [4.69, 9.17) is 20.4 Å². The molecule has 5 unspecified atom stereocenters. The Labute approximate surface area is 245 Å². The largest absolute Gasteiger partial charge is 0.479 e. The second-order valence-corrected chi connectivity index (χ2v) is 11.5. The van der Waals surface area contributed by atoms with Crippen LogP contribution in [0.2, 0.25) is 0 Å². The van der Waals surface area contributed by atoms with Crippen molar-refractivity contribution in [1.29, 1.82) is 0 Å². The van der Waals surface area contributed by atoms with E-state index in [1.807, 2.05) is 30.3 Å². The molecule has 1 aliphatic heterocycles. The van der Waals surface area contributed by atoms with Gasteiger partial charge in [-0.25, -0.2) is 9.59 Å². The molecule has 0 aromatic heterocycles. The van der Waals surface area contributed by atoms with Gasteiger partial charge in [0.25, 0.3) is 5.91 Å². The molecule has 3 aliphatic rings. The molecule has 2 aliphatic carbocycles. The van der Waals surface area contributed by atoms with Crippen LogP contribution in [-0.2, 0) is 26.5 Å². The molecule has 7 N–H and O–H groups in total. The van der Waals surface area contributed by atoms with Gasteiger partial charge in [-0.1, -0.05) is 79.9 Å². The highest BCUT2D eigenvalue weighted by molar-refractivity contribution is 5.86. The summed E-state index contributed by atoms with van der Waals surface area (Å²) in [6.45, 7) is 3.66. The number of likely N-dealkylation sites (tertiary alicyclic amines) is 1. The number of hydrogen-bond donors (Lipinski definition) is 7. The zero-order valence-electron chi connectivity index (χ0n) is 23.5. The van der Waals surface area contributed by atoms with Crippen LogP contribution >= 0.6 is 0 Å². The molecule has 0 radical (unpaired) electrons. The third-order valence-electron chi connectivity index (χ3n) is 8.67. The molecule has 11 heteroatoms. The topological polar surface area (TPSA) is 180 Å². The van der Waals surface area contributed by atoms with Crippen LogP contribution in [0.4, 0.5) is 0 Å². The molecule has 0 spiro atoms. The summed E-state index contributed by atoms with van der Waals surface area (Å²) in [6, 6.07) is 20.6. The number of aliphatic carboxylic acids is 2. The minimum atomic E-state index is -2.27. The average molecular weight is 584 g/mol. The maximum absolute atomic E-state index is 13.3. The minimum absolute atomic E-state index is 0.0227. The number of benzene rings is 2. The van der Waals surface area contributed by atoms with Crippen LogP contribution in [0.15, 0.2) is 60.7 Å². The van der Waals surface area contributed by atoms with Crippen molar-refractivity contribution < 1.29 is 39.9 Å². The van der Waals surface area contributed by atoms with E-state index in [0.29, 0.717) is 30.1 Å². The van der Waals surface area contributed by atoms with E-state index in [0.717, 1.165) is 45.3 Å². The summed E-state index contributed by atoms with van der Waals surface area (Å²) in [5.41, 5.74) is 0.632. The third-order valence-corrected chi connectivity index (χ3v) is 8.67. The number of carboxylic acids is 2. The van der Waals surface area contributed by atoms with Gasteiger partial charge in [0, 0.05) is 31.6 Å². The highest BCUT2D eigenvalue weighted by Crippen LogP contribution is 2.45. The van der Waals surface area contributed by atoms with Gasteiger partial charge < -0.3 is 30.8 Å². The number of carboxylic acid groups (broad SMARTS) is 2. The van der Waals surface area contributed by atoms with Crippen LogP contribution in [0, 0.1) is 17.8 Å². The van der Waals surface area contributed by atoms with Crippen molar-refractivity contribution in [1.82, 2.24) is 15.5 Å². The SMILES string of the molecule is O=C(NCNC1C2CN(Cc3ccccc3)CC21)C(O)(c1ccccc1)C1CCCCC1.O=C(O)C(O)C(O)C(=O)O. The lowest BCUT2D eigenvalue weighted by Crippen LogP contribution is -2.52. The number of hydrogen-bond acceptors (Lipinski definition) is 8. The van der Waals surface area contributed by atoms with Gasteiger partial charge in [-0.15, -0.1) is 0 Å². The smallest absolute Gasteiger partial charge is 0.335 e. The van der Waals surface area contributed by atoms with Crippen LogP contribution in [0.25, 0.3) is 0 Å². The molecular weight excluding hydrogens is 542 g/mol. The van der Waals surface area contributed by atoms with Gasteiger partial charge >= 0.3 is 11.9 Å². The number of piperidine rings is 1. The quantitative estimate of drug-likeness (QED) is 0.190. The number of amides is 1. The van der Waals surface area contributed by atoms with Gasteiger partial charge in [0.05, 0.1) is 6.67 Å². The molecule has 2 saturated carbocycles. The Hall–Kier alpha value is -3.35. The van der Waals surface area contributed by atoms with Gasteiger partial charge in [0.2, 0.25) is 0 Å². The zero-order valence-corrected chi connectivity index (χ0v) is 23.5. The second-order valence-electron chi connectivity index (χ2n) is 11.5. The van der Waals surface area contributed by atoms with Crippen molar-refractivity contribution in [2.45, 2.75) is 62.5 Å². The number of rotatable bonds is 11. The summed E-state index contributed by atoms with van der Waals surface area (Å²) in [6.07, 6.45) is 0.616. The predicted molar refractivity (Wildman–Crippen MR) is 153 cm³/mol. The Bertz CT molecular complexity index is 1160. The maximum Gasteiger partial charge on any atom is 0.335 e. The van der Waals surface area contributed by atoms with Crippen LogP contribution in [-0.4, -0.2) is 86.3 Å². The Kier molecular flexibility index (Phi) is 10.7. The lowest BCUT2D eigenvalue weighted by Gasteiger charge is -2.37. The number of carbonyl (C=O) groups is 3. The Morgan fingerprint density at radius 2 is 1.36 bits per heavy atom. The molecule has 5 rings (SSSR count). The van der Waals surface area contributed by atoms with Crippen molar-refractivity contribution in [2.24, 2.45) is 17.8 Å². The van der Waals surface area contributed by atoms with Gasteiger partial charge in [-0.3, -0.25) is 15.0 Å². The monoisotopic (exact) mass is 583 g/mol. The van der Waals surface area contributed by atoms with E-state index in [-0.39, 0.29) is 11.8 Å². The maximum atomic E-state index is 13.3. The fourth-order valence-electron chi connectivity index (χ4n) is 6.31. The summed E-state index contributed by atoms with van der Waals surface area (Å²) in [5, 5.41) is 50.7. The van der Waals surface area contributed by atoms with Crippen molar-refractivity contribution in [3.8, 4) is 0 Å². The first-order valence-electron chi connectivity index (χ1n) is 14.5. The first kappa shape index (κ1) is 31.6. The number of nitrogens with zero attached hydrogens (tertiary/aromatic N) is 1. The fourth-order valence-corrected chi connectivity index (χ4v) is 6.31. The first-order valence-corrected chi connectivity index (χ1v) is 14.5. The lowest BCUT2D eigenvalue weighted by molar-refractivity contribution is -0.165. The van der Waals surface area contributed by atoms with Crippen molar-refractivity contribution in [3.63, 3.8) is 0 Å². The third kappa shape index (κ3) is 7.53. The summed E-state index contributed by atoms with van der Waals surface area (Å²) in [5.74, 6) is -2.49. The molecule has 1 amide bonds. The molecule has 0 bridgehead atoms. The molecule has 5 atom stereocenters. The molecule has 228 valence electrons. The second kappa shape index (κ2) is 14.2. The van der Waals surface area contributed by atoms with E-state index in [1.165, 1.54) is 12.0 Å². The molecule has 1 heterocycles. The molecule has 42 heavy (non-hydrogen) atoms. The van der Waals surface area contributed by atoms with E-state index in [9.17, 15) is 19.5 Å². The fraction of sp³-hybridized carbons (Fsp3) is 0.516. The van der Waals surface area contributed by atoms with Gasteiger partial charge in [-0.05, 0) is 35.8 Å². The number of aliphatic hydroxyl groups is 3. The number of aliphatic hydroxyl groups excluding tert-OH is 2. The number of carbonyl (C=O) groups excluding carboxylic acids is 1. The molecule has 2 aromatic carbocycles. The van der Waals surface area contributed by atoms with E-state index in [1.54, 1.807) is 0 Å². The summed E-state index contributed by atoms with van der Waals surface area (Å²) in [4.78, 5) is 35.3. The summed E-state index contributed by atoms with van der Waals surface area (Å²) >= 11 is 0. The molecule has 3 fully saturated rings. The van der Waals surface area contributed by atoms with Crippen molar-refractivity contribution in [2.75, 3.05) is 19.8 Å². The van der Waals surface area contributed by atoms with Crippen molar-refractivity contribution in [3.05, 3.63) is 71.8 Å². The van der Waals surface area contributed by atoms with Crippen LogP contribution in [0.1, 0.15) is 43.2 Å². The zero-order chi connectivity index (χ0) is 30.3. The van der Waals surface area contributed by atoms with E-state index in [2.05, 4.69) is 45.9 Å². The summed E-state index contributed by atoms with van der Waals surface area (Å²) < 4.78 is 0. The molecule has 1 saturated heterocycles. The summed E-state index contributed by atoms with van der Waals surface area (Å²) in [7, 11) is 0. The van der Waals surface area contributed by atoms with Crippen LogP contribution in [0.3, 0.4) is 0 Å². The minimum Gasteiger partial charge on any atom is -0.479 e. The van der Waals surface area contributed by atoms with Crippen LogP contribution < -0.4 is 10.6 Å². The van der Waals surface area contributed by atoms with Crippen molar-refractivity contribution >= 4 is 17.8 Å². The normalized spacial score (nSPS) is 24.7. The van der Waals surface area contributed by atoms with Crippen LogP contribution in [0.5, 0.6) is 0 Å². The van der Waals surface area contributed by atoms with Gasteiger partial charge in [0.1, 0.15) is 0 Å². The first-order chi connectivity index (χ1) is 20.1. The molecular formula is C31H41N3O8. The highest BCUT2D eigenvalue weighted by Gasteiger charge is 2.55. The van der Waals surface area contributed by atoms with Gasteiger partial charge in [-0.2, -0.15) is 0 Å². The highest BCUT2D eigenvalue weighted by atomic mass is 16.4. The van der Waals surface area contributed by atoms with E-state index < -0.39 is 29.7 Å². The van der Waals surface area contributed by atoms with E-state index >= 15 is 0 Å². The number of nitrogens with one attached hydrogen (secondary N) is 2. The molecule has 11 nitrogen and oxygen atoms in total. The molecule has 2 aromatic rings.